The Labute approximate surface area is 93.8 Å². The molecule has 1 atom stereocenters. The summed E-state index contributed by atoms with van der Waals surface area (Å²) in [5.41, 5.74) is 7.43. The molecular formula is C10H17N3O3. The number of hydroxylamine groups is 1. The van der Waals surface area contributed by atoms with E-state index in [1.807, 2.05) is 0 Å². The highest BCUT2D eigenvalue weighted by Gasteiger charge is 2.41. The first-order valence-electron chi connectivity index (χ1n) is 5.61. The Bertz CT molecular complexity index is 300. The van der Waals surface area contributed by atoms with E-state index in [9.17, 15) is 9.59 Å². The molecule has 0 aromatic rings. The van der Waals surface area contributed by atoms with Crippen molar-refractivity contribution in [2.75, 3.05) is 13.2 Å². The van der Waals surface area contributed by atoms with E-state index in [2.05, 4.69) is 10.8 Å². The van der Waals surface area contributed by atoms with Crippen LogP contribution in [0.4, 0.5) is 0 Å². The summed E-state index contributed by atoms with van der Waals surface area (Å²) in [6.45, 7) is 0.527. The van der Waals surface area contributed by atoms with Crippen molar-refractivity contribution < 1.29 is 14.4 Å². The molecule has 0 radical (unpaired) electrons. The van der Waals surface area contributed by atoms with Crippen molar-refractivity contribution in [3.8, 4) is 0 Å². The molecule has 1 heterocycles. The second kappa shape index (κ2) is 4.39. The van der Waals surface area contributed by atoms with Gasteiger partial charge in [0.25, 0.3) is 5.91 Å². The van der Waals surface area contributed by atoms with Gasteiger partial charge < -0.3 is 11.1 Å². The molecular weight excluding hydrogens is 210 g/mol. The maximum Gasteiger partial charge on any atom is 0.268 e. The fourth-order valence-electron chi connectivity index (χ4n) is 2.34. The summed E-state index contributed by atoms with van der Waals surface area (Å²) >= 11 is 0. The van der Waals surface area contributed by atoms with Gasteiger partial charge in [0.1, 0.15) is 12.6 Å². The SMILES string of the molecule is NCC1(C(=O)N[C@@H]2CONC2=O)CCCC1. The van der Waals surface area contributed by atoms with Crippen LogP contribution in [0.5, 0.6) is 0 Å². The quantitative estimate of drug-likeness (QED) is 0.579. The second-order valence-corrected chi connectivity index (χ2v) is 4.49. The van der Waals surface area contributed by atoms with Crippen LogP contribution in [0.15, 0.2) is 0 Å². The molecule has 0 aromatic heterocycles. The normalized spacial score (nSPS) is 27.8. The number of amides is 2. The number of rotatable bonds is 3. The van der Waals surface area contributed by atoms with Gasteiger partial charge in [-0.3, -0.25) is 14.4 Å². The van der Waals surface area contributed by atoms with Crippen molar-refractivity contribution in [3.05, 3.63) is 0 Å². The fourth-order valence-corrected chi connectivity index (χ4v) is 2.34. The Morgan fingerprint density at radius 2 is 2.25 bits per heavy atom. The monoisotopic (exact) mass is 227 g/mol. The van der Waals surface area contributed by atoms with Crippen LogP contribution in [0, 0.1) is 5.41 Å². The van der Waals surface area contributed by atoms with Crippen LogP contribution >= 0.6 is 0 Å². The lowest BCUT2D eigenvalue weighted by Crippen LogP contribution is -2.50. The van der Waals surface area contributed by atoms with Crippen LogP contribution < -0.4 is 16.5 Å². The molecule has 0 bridgehead atoms. The number of carbonyl (C=O) groups is 2. The minimum absolute atomic E-state index is 0.113. The molecule has 6 nitrogen and oxygen atoms in total. The van der Waals surface area contributed by atoms with E-state index in [0.29, 0.717) is 6.54 Å². The van der Waals surface area contributed by atoms with Gasteiger partial charge in [-0.2, -0.15) is 0 Å². The highest BCUT2D eigenvalue weighted by molar-refractivity contribution is 5.90. The van der Waals surface area contributed by atoms with Gasteiger partial charge in [-0.15, -0.1) is 0 Å². The van der Waals surface area contributed by atoms with E-state index in [4.69, 9.17) is 10.6 Å². The van der Waals surface area contributed by atoms with Gasteiger partial charge in [0.15, 0.2) is 0 Å². The van der Waals surface area contributed by atoms with Gasteiger partial charge in [-0.1, -0.05) is 12.8 Å². The average molecular weight is 227 g/mol. The van der Waals surface area contributed by atoms with E-state index in [-0.39, 0.29) is 18.4 Å². The molecule has 2 amide bonds. The van der Waals surface area contributed by atoms with Gasteiger partial charge >= 0.3 is 0 Å². The number of carbonyl (C=O) groups excluding carboxylic acids is 2. The summed E-state index contributed by atoms with van der Waals surface area (Å²) < 4.78 is 0. The number of hydrogen-bond donors (Lipinski definition) is 3. The van der Waals surface area contributed by atoms with E-state index in [1.54, 1.807) is 0 Å². The lowest BCUT2D eigenvalue weighted by atomic mass is 9.85. The summed E-state index contributed by atoms with van der Waals surface area (Å²) in [7, 11) is 0. The van der Waals surface area contributed by atoms with Crippen LogP contribution in [0.2, 0.25) is 0 Å². The second-order valence-electron chi connectivity index (χ2n) is 4.49. The standard InChI is InChI=1S/C10H17N3O3/c11-6-10(3-1-2-4-10)9(15)12-7-5-16-13-8(7)14/h7H,1-6,11H2,(H,12,15)(H,13,14)/t7-/m1/s1. The number of nitrogens with two attached hydrogens (primary N) is 1. The molecule has 2 rings (SSSR count). The van der Waals surface area contributed by atoms with E-state index >= 15 is 0 Å². The van der Waals surface area contributed by atoms with Gasteiger partial charge in [-0.25, -0.2) is 5.48 Å². The predicted molar refractivity (Wildman–Crippen MR) is 56.0 cm³/mol. The Morgan fingerprint density at radius 1 is 1.56 bits per heavy atom. The van der Waals surface area contributed by atoms with Crippen molar-refractivity contribution >= 4 is 11.8 Å². The molecule has 1 saturated heterocycles. The predicted octanol–water partition coefficient (Wildman–Crippen LogP) is -0.948. The van der Waals surface area contributed by atoms with Gasteiger partial charge in [0.05, 0.1) is 5.41 Å². The zero-order chi connectivity index (χ0) is 11.6. The van der Waals surface area contributed by atoms with Crippen LogP contribution in [-0.2, 0) is 14.4 Å². The first-order valence-corrected chi connectivity index (χ1v) is 5.61. The molecule has 2 fully saturated rings. The third-order valence-corrected chi connectivity index (χ3v) is 3.48. The molecule has 6 heteroatoms. The largest absolute Gasteiger partial charge is 0.342 e. The van der Waals surface area contributed by atoms with Crippen LogP contribution in [-0.4, -0.2) is 31.0 Å². The van der Waals surface area contributed by atoms with Crippen molar-refractivity contribution in [1.82, 2.24) is 10.8 Å². The molecule has 4 N–H and O–H groups in total. The Morgan fingerprint density at radius 3 is 2.75 bits per heavy atom. The Hall–Kier alpha value is -1.14. The third kappa shape index (κ3) is 1.90. The van der Waals surface area contributed by atoms with E-state index in [0.717, 1.165) is 25.7 Å². The lowest BCUT2D eigenvalue weighted by Gasteiger charge is -2.26. The molecule has 1 aliphatic heterocycles. The zero-order valence-electron chi connectivity index (χ0n) is 9.12. The fraction of sp³-hybridized carbons (Fsp3) is 0.800. The molecule has 1 aliphatic carbocycles. The lowest BCUT2D eigenvalue weighted by molar-refractivity contribution is -0.134. The van der Waals surface area contributed by atoms with Crippen molar-refractivity contribution in [3.63, 3.8) is 0 Å². The summed E-state index contributed by atoms with van der Waals surface area (Å²) in [5.74, 6) is -0.406. The van der Waals surface area contributed by atoms with Crippen molar-refractivity contribution in [2.24, 2.45) is 11.1 Å². The van der Waals surface area contributed by atoms with Gasteiger partial charge in [-0.05, 0) is 12.8 Å². The highest BCUT2D eigenvalue weighted by atomic mass is 16.7. The average Bonchev–Trinajstić information content (AvgIpc) is 2.89. The first kappa shape index (κ1) is 11.3. The van der Waals surface area contributed by atoms with Crippen LogP contribution in [0.25, 0.3) is 0 Å². The molecule has 1 saturated carbocycles. The smallest absolute Gasteiger partial charge is 0.268 e. The van der Waals surface area contributed by atoms with Gasteiger partial charge in [0.2, 0.25) is 5.91 Å². The molecule has 16 heavy (non-hydrogen) atoms. The summed E-state index contributed by atoms with van der Waals surface area (Å²) in [6.07, 6.45) is 3.67. The van der Waals surface area contributed by atoms with Crippen LogP contribution in [0.1, 0.15) is 25.7 Å². The molecule has 0 spiro atoms. The number of nitrogens with one attached hydrogen (secondary N) is 2. The summed E-state index contributed by atoms with van der Waals surface area (Å²) in [4.78, 5) is 28.1. The minimum Gasteiger partial charge on any atom is -0.342 e. The molecule has 0 unspecified atom stereocenters. The highest BCUT2D eigenvalue weighted by Crippen LogP contribution is 2.37. The zero-order valence-corrected chi connectivity index (χ0v) is 9.12. The Kier molecular flexibility index (Phi) is 3.11. The molecule has 2 aliphatic rings. The third-order valence-electron chi connectivity index (χ3n) is 3.48. The van der Waals surface area contributed by atoms with Crippen LogP contribution in [0.3, 0.4) is 0 Å². The number of hydrogen-bond acceptors (Lipinski definition) is 4. The molecule has 0 aromatic carbocycles. The van der Waals surface area contributed by atoms with Crippen molar-refractivity contribution in [1.29, 1.82) is 0 Å². The summed E-state index contributed by atoms with van der Waals surface area (Å²) in [5, 5.41) is 2.71. The maximum atomic E-state index is 12.1. The first-order chi connectivity index (χ1) is 7.68. The molecule has 90 valence electrons. The summed E-state index contributed by atoms with van der Waals surface area (Å²) in [6, 6.07) is -0.573. The Balaban J connectivity index is 1.98. The van der Waals surface area contributed by atoms with Gasteiger partial charge in [0, 0.05) is 6.54 Å². The van der Waals surface area contributed by atoms with E-state index < -0.39 is 11.5 Å². The van der Waals surface area contributed by atoms with Crippen molar-refractivity contribution in [2.45, 2.75) is 31.7 Å². The topological polar surface area (TPSA) is 93.5 Å². The minimum atomic E-state index is -0.573. The maximum absolute atomic E-state index is 12.1. The van der Waals surface area contributed by atoms with E-state index in [1.165, 1.54) is 0 Å².